The molecule has 5 unspecified atom stereocenters. The molecule has 0 spiro atoms. The molecule has 0 amide bonds. The van der Waals surface area contributed by atoms with Crippen LogP contribution in [0.1, 0.15) is 13.3 Å². The van der Waals surface area contributed by atoms with Crippen LogP contribution in [-0.4, -0.2) is 53.0 Å². The van der Waals surface area contributed by atoms with Crippen LogP contribution >= 0.6 is 7.60 Å². The third-order valence-corrected chi connectivity index (χ3v) is 4.08. The molecule has 116 valence electrons. The molecule has 0 radical (unpaired) electrons. The van der Waals surface area contributed by atoms with E-state index < -0.39 is 20.2 Å². The minimum Gasteiger partial charge on any atom is -0.386 e. The Morgan fingerprint density at radius 3 is 2.95 bits per heavy atom. The lowest BCUT2D eigenvalue weighted by molar-refractivity contribution is 0.0672. The number of nitrogens with two attached hydrogens (primary N) is 2. The Morgan fingerprint density at radius 2 is 2.30 bits per heavy atom. The van der Waals surface area contributed by atoms with Crippen molar-refractivity contribution >= 4 is 13.4 Å². The van der Waals surface area contributed by atoms with Crippen molar-refractivity contribution in [2.45, 2.75) is 37.8 Å². The third-order valence-electron chi connectivity index (χ3n) is 3.60. The Labute approximate surface area is 117 Å². The second kappa shape index (κ2) is 6.07. The zero-order valence-corrected chi connectivity index (χ0v) is 12.2. The van der Waals surface area contributed by atoms with Gasteiger partial charge in [-0.2, -0.15) is 0 Å². The molecule has 0 aromatic rings. The number of amidine groups is 1. The van der Waals surface area contributed by atoms with Crippen LogP contribution in [-0.2, 0) is 9.30 Å². The molecule has 1 fully saturated rings. The maximum atomic E-state index is 10.8. The van der Waals surface area contributed by atoms with Gasteiger partial charge in [0.05, 0.1) is 12.1 Å². The summed E-state index contributed by atoms with van der Waals surface area (Å²) in [6.45, 7) is 2.53. The van der Waals surface area contributed by atoms with E-state index in [2.05, 4.69) is 15.6 Å². The van der Waals surface area contributed by atoms with Crippen LogP contribution < -0.4 is 22.1 Å². The van der Waals surface area contributed by atoms with Crippen molar-refractivity contribution in [3.8, 4) is 0 Å². The van der Waals surface area contributed by atoms with E-state index in [0.717, 1.165) is 6.54 Å². The zero-order valence-electron chi connectivity index (χ0n) is 11.3. The lowest BCUT2D eigenvalue weighted by atomic mass is 9.92. The minimum absolute atomic E-state index is 0.0474. The monoisotopic (exact) mass is 307 g/mol. The molecule has 2 aliphatic rings. The van der Waals surface area contributed by atoms with Crippen LogP contribution in [0, 0.1) is 5.92 Å². The summed E-state index contributed by atoms with van der Waals surface area (Å²) < 4.78 is 16.0. The van der Waals surface area contributed by atoms with Crippen molar-refractivity contribution < 1.29 is 19.1 Å². The van der Waals surface area contributed by atoms with E-state index in [0.29, 0.717) is 12.3 Å². The maximum absolute atomic E-state index is 10.8. The molecule has 2 heterocycles. The smallest absolute Gasteiger partial charge is 0.350 e. The molecule has 8 N–H and O–H groups in total. The second-order valence-corrected chi connectivity index (χ2v) is 6.93. The van der Waals surface area contributed by atoms with E-state index in [9.17, 15) is 4.57 Å². The quantitative estimate of drug-likeness (QED) is 0.321. The van der Waals surface area contributed by atoms with Crippen LogP contribution in [0.4, 0.5) is 0 Å². The van der Waals surface area contributed by atoms with Gasteiger partial charge < -0.3 is 25.6 Å². The first-order valence-corrected chi connectivity index (χ1v) is 8.30. The molecular weight excluding hydrogens is 285 g/mol. The molecule has 2 rings (SSSR count). The summed E-state index contributed by atoms with van der Waals surface area (Å²) in [4.78, 5) is 21.7. The van der Waals surface area contributed by atoms with Gasteiger partial charge in [0.2, 0.25) is 0 Å². The predicted molar refractivity (Wildman–Crippen MR) is 73.9 cm³/mol. The van der Waals surface area contributed by atoms with Crippen LogP contribution in [0.5, 0.6) is 0 Å². The average Bonchev–Trinajstić information content (AvgIpc) is 2.69. The topological polar surface area (TPSA) is 155 Å². The van der Waals surface area contributed by atoms with E-state index in [1.54, 1.807) is 6.92 Å². The molecule has 5 atom stereocenters. The Hall–Kier alpha value is -0.540. The molecule has 0 bridgehead atoms. The molecule has 0 aliphatic carbocycles. The van der Waals surface area contributed by atoms with Gasteiger partial charge in [-0.1, -0.05) is 0 Å². The van der Waals surface area contributed by atoms with Crippen molar-refractivity contribution in [1.29, 1.82) is 0 Å². The van der Waals surface area contributed by atoms with Gasteiger partial charge in [0.1, 0.15) is 12.2 Å². The number of rotatable bonds is 5. The summed E-state index contributed by atoms with van der Waals surface area (Å²) >= 11 is 0. The molecule has 2 aliphatic heterocycles. The number of aliphatic imine (C=N–C) groups is 1. The summed E-state index contributed by atoms with van der Waals surface area (Å²) in [5.41, 5.74) is 11.6. The molecule has 0 saturated carbocycles. The molecule has 9 nitrogen and oxygen atoms in total. The highest BCUT2D eigenvalue weighted by Gasteiger charge is 2.41. The predicted octanol–water partition coefficient (Wildman–Crippen LogP) is -1.92. The fourth-order valence-electron chi connectivity index (χ4n) is 2.75. The highest BCUT2D eigenvalue weighted by atomic mass is 31.2. The highest BCUT2D eigenvalue weighted by Crippen LogP contribution is 2.35. The normalized spacial score (nSPS) is 35.5. The summed E-state index contributed by atoms with van der Waals surface area (Å²) in [6.07, 6.45) is -0.670. The third kappa shape index (κ3) is 3.98. The molecule has 20 heavy (non-hydrogen) atoms. The zero-order chi connectivity index (χ0) is 14.9. The number of hydrogen-bond acceptors (Lipinski definition) is 7. The van der Waals surface area contributed by atoms with E-state index in [1.165, 1.54) is 0 Å². The summed E-state index contributed by atoms with van der Waals surface area (Å²) in [5, 5.41) is 6.45. The van der Waals surface area contributed by atoms with Crippen molar-refractivity contribution in [2.24, 2.45) is 22.4 Å². The number of nitrogens with one attached hydrogen (secondary N) is 2. The first-order chi connectivity index (χ1) is 9.26. The maximum Gasteiger partial charge on any atom is 0.350 e. The fourth-order valence-corrected chi connectivity index (χ4v) is 3.20. The number of nitrogens with zero attached hydrogens (tertiary/aromatic N) is 1. The Morgan fingerprint density at radius 1 is 1.60 bits per heavy atom. The summed E-state index contributed by atoms with van der Waals surface area (Å²) in [5.74, 6) is 0.708. The average molecular weight is 307 g/mol. The van der Waals surface area contributed by atoms with Crippen molar-refractivity contribution in [3.05, 3.63) is 0 Å². The lowest BCUT2D eigenvalue weighted by Crippen LogP contribution is -2.60. The van der Waals surface area contributed by atoms with Gasteiger partial charge in [-0.3, -0.25) is 15.6 Å². The van der Waals surface area contributed by atoms with Gasteiger partial charge in [-0.05, 0) is 19.3 Å². The molecule has 0 aromatic heterocycles. The Balaban J connectivity index is 1.88. The van der Waals surface area contributed by atoms with Gasteiger partial charge in [-0.15, -0.1) is 0 Å². The van der Waals surface area contributed by atoms with E-state index in [-0.39, 0.29) is 24.1 Å². The summed E-state index contributed by atoms with van der Waals surface area (Å²) in [6, 6.07) is 0.0115. The first kappa shape index (κ1) is 15.8. The number of fused-ring (bicyclic) bond motifs is 1. The van der Waals surface area contributed by atoms with Crippen LogP contribution in [0.25, 0.3) is 0 Å². The molecular formula is C10H22N5O4P. The van der Waals surface area contributed by atoms with E-state index in [1.807, 2.05) is 0 Å². The molecule has 0 aromatic carbocycles. The SMILES string of the molecule is CC(CC1CNC2C(N)=NC(N)NC12)OCP(=O)(O)O. The van der Waals surface area contributed by atoms with Gasteiger partial charge in [0, 0.05) is 12.6 Å². The van der Waals surface area contributed by atoms with Gasteiger partial charge in [0.25, 0.3) is 0 Å². The van der Waals surface area contributed by atoms with Gasteiger partial charge >= 0.3 is 7.60 Å². The molecule has 10 heteroatoms. The van der Waals surface area contributed by atoms with Gasteiger partial charge in [0.15, 0.2) is 6.29 Å². The Bertz CT molecular complexity index is 428. The number of hydrogen-bond donors (Lipinski definition) is 6. The van der Waals surface area contributed by atoms with Crippen LogP contribution in [0.2, 0.25) is 0 Å². The first-order valence-electron chi connectivity index (χ1n) is 6.50. The standard InChI is InChI=1S/C10H22N5O4P/c1-5(19-4-20(16,17)18)2-6-3-13-8-7(6)14-10(12)15-9(8)11/h5-8,10,13-14H,2-4,12H2,1H3,(H2,11,15)(H2,16,17,18). The van der Waals surface area contributed by atoms with Crippen LogP contribution in [0.15, 0.2) is 4.99 Å². The van der Waals surface area contributed by atoms with Crippen LogP contribution in [0.3, 0.4) is 0 Å². The summed E-state index contributed by atoms with van der Waals surface area (Å²) in [7, 11) is -4.13. The van der Waals surface area contributed by atoms with Crippen molar-refractivity contribution in [2.75, 3.05) is 12.9 Å². The second-order valence-electron chi connectivity index (χ2n) is 5.34. The van der Waals surface area contributed by atoms with Crippen molar-refractivity contribution in [3.63, 3.8) is 0 Å². The largest absolute Gasteiger partial charge is 0.386 e. The van der Waals surface area contributed by atoms with Gasteiger partial charge in [-0.25, -0.2) is 4.99 Å². The van der Waals surface area contributed by atoms with Crippen molar-refractivity contribution in [1.82, 2.24) is 10.6 Å². The fraction of sp³-hybridized carbons (Fsp3) is 0.900. The van der Waals surface area contributed by atoms with E-state index in [4.69, 9.17) is 26.0 Å². The highest BCUT2D eigenvalue weighted by molar-refractivity contribution is 7.51. The lowest BCUT2D eigenvalue weighted by Gasteiger charge is -2.32. The molecule has 1 saturated heterocycles. The minimum atomic E-state index is -4.13. The number of ether oxygens (including phenoxy) is 1. The van der Waals surface area contributed by atoms with E-state index >= 15 is 0 Å². The Kier molecular flexibility index (Phi) is 4.80.